The van der Waals surface area contributed by atoms with Crippen LogP contribution in [0.25, 0.3) is 0 Å². The number of halogens is 2. The Morgan fingerprint density at radius 3 is 2.33 bits per heavy atom. The number of thiocarbonyl (C=S) groups is 1. The molecule has 0 aliphatic heterocycles. The van der Waals surface area contributed by atoms with E-state index in [4.69, 9.17) is 18.0 Å². The molecule has 2 rings (SSSR count). The molecule has 0 atom stereocenters. The summed E-state index contributed by atoms with van der Waals surface area (Å²) in [5.41, 5.74) is 6.33. The summed E-state index contributed by atoms with van der Waals surface area (Å²) >= 11 is 4.79. The number of hydrogen-bond donors (Lipinski definition) is 2. The van der Waals surface area contributed by atoms with E-state index >= 15 is 0 Å². The molecule has 0 saturated carbocycles. The zero-order chi connectivity index (χ0) is 13.1. The molecule has 0 aliphatic carbocycles. The smallest absolute Gasteiger partial charge is 0.130 e. The number of nitrogens with two attached hydrogens (primary N) is 1. The summed E-state index contributed by atoms with van der Waals surface area (Å²) in [4.78, 5) is 4.27. The van der Waals surface area contributed by atoms with E-state index in [0.29, 0.717) is 11.4 Å². The predicted molar refractivity (Wildman–Crippen MR) is 69.8 cm³/mol. The molecule has 0 aliphatic rings. The van der Waals surface area contributed by atoms with Gasteiger partial charge in [-0.2, -0.15) is 0 Å². The van der Waals surface area contributed by atoms with Crippen LogP contribution in [0.15, 0.2) is 36.5 Å². The standard InChI is InChI=1S/C12H9F2N3S/c13-8-3-9(14)5-10(4-8)17-11-2-1-7(6-16-11)12(15)18/h1-6H,(H2,15,18)(H,16,17). The van der Waals surface area contributed by atoms with Crippen molar-refractivity contribution >= 4 is 28.7 Å². The summed E-state index contributed by atoms with van der Waals surface area (Å²) in [6.07, 6.45) is 1.49. The zero-order valence-electron chi connectivity index (χ0n) is 9.15. The molecule has 18 heavy (non-hydrogen) atoms. The van der Waals surface area contributed by atoms with Crippen LogP contribution in [0.4, 0.5) is 20.3 Å². The van der Waals surface area contributed by atoms with Gasteiger partial charge in [0.25, 0.3) is 0 Å². The van der Waals surface area contributed by atoms with Crippen LogP contribution in [0.3, 0.4) is 0 Å². The molecule has 0 saturated heterocycles. The minimum Gasteiger partial charge on any atom is -0.389 e. The molecule has 0 radical (unpaired) electrons. The van der Waals surface area contributed by atoms with Gasteiger partial charge in [-0.15, -0.1) is 0 Å². The van der Waals surface area contributed by atoms with Gasteiger partial charge >= 0.3 is 0 Å². The van der Waals surface area contributed by atoms with Gasteiger partial charge in [0.2, 0.25) is 0 Å². The molecule has 2 aromatic rings. The molecule has 0 unspecified atom stereocenters. The molecule has 1 heterocycles. The summed E-state index contributed by atoms with van der Waals surface area (Å²) in [6.45, 7) is 0. The minimum atomic E-state index is -0.655. The van der Waals surface area contributed by atoms with Crippen LogP contribution in [0, 0.1) is 11.6 Å². The van der Waals surface area contributed by atoms with Crippen LogP contribution >= 0.6 is 12.2 Å². The van der Waals surface area contributed by atoms with Gasteiger partial charge in [0.05, 0.1) is 0 Å². The molecule has 1 aromatic heterocycles. The van der Waals surface area contributed by atoms with Crippen LogP contribution in [-0.2, 0) is 0 Å². The van der Waals surface area contributed by atoms with E-state index in [1.165, 1.54) is 18.3 Å². The van der Waals surface area contributed by atoms with E-state index < -0.39 is 11.6 Å². The van der Waals surface area contributed by atoms with Gasteiger partial charge in [0.1, 0.15) is 22.4 Å². The molecule has 0 amide bonds. The molecule has 1 aromatic carbocycles. The quantitative estimate of drug-likeness (QED) is 0.838. The topological polar surface area (TPSA) is 50.9 Å². The lowest BCUT2D eigenvalue weighted by Gasteiger charge is -2.06. The Bertz CT molecular complexity index is 564. The fraction of sp³-hybridized carbons (Fsp3) is 0. The predicted octanol–water partition coefficient (Wildman–Crippen LogP) is 2.74. The van der Waals surface area contributed by atoms with E-state index in [0.717, 1.165) is 6.07 Å². The molecular formula is C12H9F2N3S. The van der Waals surface area contributed by atoms with E-state index in [2.05, 4.69) is 10.3 Å². The van der Waals surface area contributed by atoms with Gasteiger partial charge in [0.15, 0.2) is 0 Å². The maximum atomic E-state index is 13.0. The highest BCUT2D eigenvalue weighted by molar-refractivity contribution is 7.80. The Balaban J connectivity index is 2.20. The van der Waals surface area contributed by atoms with Crippen molar-refractivity contribution in [3.8, 4) is 0 Å². The molecule has 92 valence electrons. The van der Waals surface area contributed by atoms with Crippen LogP contribution in [0.2, 0.25) is 0 Å². The summed E-state index contributed by atoms with van der Waals surface area (Å²) in [5.74, 6) is -0.866. The normalized spacial score (nSPS) is 10.1. The molecule has 3 nitrogen and oxygen atoms in total. The summed E-state index contributed by atoms with van der Waals surface area (Å²) in [5, 5.41) is 2.78. The second-order valence-electron chi connectivity index (χ2n) is 3.58. The number of aromatic nitrogens is 1. The number of rotatable bonds is 3. The average molecular weight is 265 g/mol. The van der Waals surface area contributed by atoms with Crippen LogP contribution in [0.1, 0.15) is 5.56 Å². The van der Waals surface area contributed by atoms with Crippen LogP contribution < -0.4 is 11.1 Å². The first-order chi connectivity index (χ1) is 8.54. The monoisotopic (exact) mass is 265 g/mol. The maximum Gasteiger partial charge on any atom is 0.130 e. The third-order valence-electron chi connectivity index (χ3n) is 2.18. The highest BCUT2D eigenvalue weighted by Gasteiger charge is 2.02. The average Bonchev–Trinajstić information content (AvgIpc) is 2.28. The Morgan fingerprint density at radius 2 is 1.83 bits per heavy atom. The highest BCUT2D eigenvalue weighted by atomic mass is 32.1. The second-order valence-corrected chi connectivity index (χ2v) is 4.02. The van der Waals surface area contributed by atoms with Crippen molar-refractivity contribution in [2.45, 2.75) is 0 Å². The van der Waals surface area contributed by atoms with Gasteiger partial charge in [-0.1, -0.05) is 12.2 Å². The van der Waals surface area contributed by atoms with Gasteiger partial charge < -0.3 is 11.1 Å². The van der Waals surface area contributed by atoms with Gasteiger partial charge in [0, 0.05) is 23.5 Å². The zero-order valence-corrected chi connectivity index (χ0v) is 9.97. The highest BCUT2D eigenvalue weighted by Crippen LogP contribution is 2.17. The first-order valence-corrected chi connectivity index (χ1v) is 5.44. The summed E-state index contributed by atoms with van der Waals surface area (Å²) < 4.78 is 25.9. The number of nitrogens with zero attached hydrogens (tertiary/aromatic N) is 1. The van der Waals surface area contributed by atoms with Gasteiger partial charge in [-0.25, -0.2) is 13.8 Å². The lowest BCUT2D eigenvalue weighted by atomic mass is 10.2. The molecule has 0 fully saturated rings. The number of hydrogen-bond acceptors (Lipinski definition) is 3. The minimum absolute atomic E-state index is 0.242. The fourth-order valence-electron chi connectivity index (χ4n) is 1.39. The number of benzene rings is 1. The van der Waals surface area contributed by atoms with Gasteiger partial charge in [-0.3, -0.25) is 0 Å². The van der Waals surface area contributed by atoms with Gasteiger partial charge in [-0.05, 0) is 24.3 Å². The molecule has 6 heteroatoms. The van der Waals surface area contributed by atoms with E-state index in [1.54, 1.807) is 12.1 Å². The van der Waals surface area contributed by atoms with Crippen molar-refractivity contribution in [2.75, 3.05) is 5.32 Å². The lowest BCUT2D eigenvalue weighted by Crippen LogP contribution is -2.09. The first-order valence-electron chi connectivity index (χ1n) is 5.03. The Kier molecular flexibility index (Phi) is 3.47. The summed E-state index contributed by atoms with van der Waals surface area (Å²) in [7, 11) is 0. The molecule has 0 spiro atoms. The van der Waals surface area contributed by atoms with Crippen molar-refractivity contribution < 1.29 is 8.78 Å². The number of anilines is 2. The molecule has 3 N–H and O–H groups in total. The maximum absolute atomic E-state index is 13.0. The van der Waals surface area contributed by atoms with E-state index in [1.807, 2.05) is 0 Å². The summed E-state index contributed by atoms with van der Waals surface area (Å²) in [6, 6.07) is 6.44. The van der Waals surface area contributed by atoms with Crippen LogP contribution in [-0.4, -0.2) is 9.97 Å². The third-order valence-corrected chi connectivity index (χ3v) is 2.42. The van der Waals surface area contributed by atoms with Crippen molar-refractivity contribution in [3.63, 3.8) is 0 Å². The van der Waals surface area contributed by atoms with E-state index in [-0.39, 0.29) is 10.7 Å². The fourth-order valence-corrected chi connectivity index (χ4v) is 1.51. The first kappa shape index (κ1) is 12.4. The largest absolute Gasteiger partial charge is 0.389 e. The Labute approximate surface area is 108 Å². The third kappa shape index (κ3) is 2.98. The van der Waals surface area contributed by atoms with Crippen molar-refractivity contribution in [1.29, 1.82) is 0 Å². The van der Waals surface area contributed by atoms with Crippen molar-refractivity contribution in [2.24, 2.45) is 5.73 Å². The number of nitrogens with one attached hydrogen (secondary N) is 1. The lowest BCUT2D eigenvalue weighted by molar-refractivity contribution is 0.584. The number of pyridine rings is 1. The second kappa shape index (κ2) is 5.05. The molecular weight excluding hydrogens is 256 g/mol. The van der Waals surface area contributed by atoms with Crippen molar-refractivity contribution in [1.82, 2.24) is 4.98 Å². The van der Waals surface area contributed by atoms with Crippen LogP contribution in [0.5, 0.6) is 0 Å². The van der Waals surface area contributed by atoms with Crippen molar-refractivity contribution in [3.05, 3.63) is 53.7 Å². The molecule has 0 bridgehead atoms. The SMILES string of the molecule is NC(=S)c1ccc(Nc2cc(F)cc(F)c2)nc1. The Hall–Kier alpha value is -2.08. The Morgan fingerprint density at radius 1 is 1.17 bits per heavy atom. The van der Waals surface area contributed by atoms with E-state index in [9.17, 15) is 8.78 Å².